The smallest absolute Gasteiger partial charge is 0.120 e. The van der Waals surface area contributed by atoms with Gasteiger partial charge in [-0.2, -0.15) is 5.26 Å². The van der Waals surface area contributed by atoms with Crippen molar-refractivity contribution in [2.75, 3.05) is 13.2 Å². The summed E-state index contributed by atoms with van der Waals surface area (Å²) in [5.41, 5.74) is 1.50. The highest BCUT2D eigenvalue weighted by Gasteiger charge is 2.07. The molecule has 0 aliphatic rings. The summed E-state index contributed by atoms with van der Waals surface area (Å²) in [7, 11) is 0. The predicted octanol–water partition coefficient (Wildman–Crippen LogP) is 2.05. The van der Waals surface area contributed by atoms with Crippen LogP contribution in [0.2, 0.25) is 0 Å². The van der Waals surface area contributed by atoms with Gasteiger partial charge in [0.25, 0.3) is 0 Å². The fourth-order valence-corrected chi connectivity index (χ4v) is 1.33. The zero-order valence-electron chi connectivity index (χ0n) is 9.03. The molecule has 0 saturated heterocycles. The molecule has 1 unspecified atom stereocenters. The topological polar surface area (TPSA) is 53.2 Å². The maximum Gasteiger partial charge on any atom is 0.120 e. The van der Waals surface area contributed by atoms with E-state index < -0.39 is 0 Å². The van der Waals surface area contributed by atoms with E-state index in [0.29, 0.717) is 17.9 Å². The molecule has 0 saturated carbocycles. The average molecular weight is 205 g/mol. The third-order valence-corrected chi connectivity index (χ3v) is 2.21. The normalized spacial score (nSPS) is 11.9. The van der Waals surface area contributed by atoms with E-state index in [2.05, 4.69) is 6.07 Å². The Balaban J connectivity index is 3.06. The Hall–Kier alpha value is -1.53. The zero-order valence-corrected chi connectivity index (χ0v) is 9.03. The van der Waals surface area contributed by atoms with Gasteiger partial charge in [-0.1, -0.05) is 6.92 Å². The Morgan fingerprint density at radius 1 is 1.47 bits per heavy atom. The second kappa shape index (κ2) is 5.38. The summed E-state index contributed by atoms with van der Waals surface area (Å²) in [5.74, 6) is 0.712. The van der Waals surface area contributed by atoms with Crippen molar-refractivity contribution < 1.29 is 9.84 Å². The molecule has 0 radical (unpaired) electrons. The van der Waals surface area contributed by atoms with Gasteiger partial charge in [0.2, 0.25) is 0 Å². The molecular weight excluding hydrogens is 190 g/mol. The Morgan fingerprint density at radius 2 is 2.20 bits per heavy atom. The van der Waals surface area contributed by atoms with Crippen molar-refractivity contribution in [2.24, 2.45) is 0 Å². The second-order valence-electron chi connectivity index (χ2n) is 3.42. The van der Waals surface area contributed by atoms with Gasteiger partial charge in [-0.15, -0.1) is 0 Å². The third-order valence-electron chi connectivity index (χ3n) is 2.21. The highest BCUT2D eigenvalue weighted by atomic mass is 16.5. The Kier molecular flexibility index (Phi) is 4.14. The van der Waals surface area contributed by atoms with E-state index in [9.17, 15) is 0 Å². The molecule has 1 aromatic carbocycles. The summed E-state index contributed by atoms with van der Waals surface area (Å²) in [6, 6.07) is 7.44. The minimum Gasteiger partial charge on any atom is -0.494 e. The first-order valence-corrected chi connectivity index (χ1v) is 5.00. The lowest BCUT2D eigenvalue weighted by molar-refractivity contribution is 0.272. The van der Waals surface area contributed by atoms with Gasteiger partial charge in [0.15, 0.2) is 0 Å². The van der Waals surface area contributed by atoms with Gasteiger partial charge in [0, 0.05) is 12.5 Å². The van der Waals surface area contributed by atoms with Crippen LogP contribution >= 0.6 is 0 Å². The SMILES string of the molecule is CCOc1cc(C#N)cc(C(C)CO)c1. The van der Waals surface area contributed by atoms with Crippen LogP contribution in [-0.4, -0.2) is 18.3 Å². The molecule has 1 aromatic rings. The van der Waals surface area contributed by atoms with Crippen LogP contribution in [0, 0.1) is 11.3 Å². The van der Waals surface area contributed by atoms with Crippen molar-refractivity contribution in [1.82, 2.24) is 0 Å². The van der Waals surface area contributed by atoms with E-state index in [1.165, 1.54) is 0 Å². The highest BCUT2D eigenvalue weighted by molar-refractivity contribution is 5.42. The monoisotopic (exact) mass is 205 g/mol. The largest absolute Gasteiger partial charge is 0.494 e. The van der Waals surface area contributed by atoms with Crippen molar-refractivity contribution in [3.05, 3.63) is 29.3 Å². The molecule has 1 N–H and O–H groups in total. The molecule has 3 heteroatoms. The number of benzene rings is 1. The van der Waals surface area contributed by atoms with Crippen LogP contribution in [0.3, 0.4) is 0 Å². The van der Waals surface area contributed by atoms with Crippen LogP contribution in [0.25, 0.3) is 0 Å². The van der Waals surface area contributed by atoms with E-state index in [1.54, 1.807) is 12.1 Å². The van der Waals surface area contributed by atoms with E-state index in [4.69, 9.17) is 15.1 Å². The van der Waals surface area contributed by atoms with Crippen molar-refractivity contribution in [2.45, 2.75) is 19.8 Å². The molecule has 0 amide bonds. The Labute approximate surface area is 89.9 Å². The minimum atomic E-state index is 0.0255. The highest BCUT2D eigenvalue weighted by Crippen LogP contribution is 2.22. The van der Waals surface area contributed by atoms with Gasteiger partial charge in [0.1, 0.15) is 5.75 Å². The number of rotatable bonds is 4. The maximum absolute atomic E-state index is 9.05. The first-order valence-electron chi connectivity index (χ1n) is 5.00. The van der Waals surface area contributed by atoms with Gasteiger partial charge in [-0.3, -0.25) is 0 Å². The minimum absolute atomic E-state index is 0.0255. The molecular formula is C12H15NO2. The molecule has 1 rings (SSSR count). The van der Waals surface area contributed by atoms with Crippen molar-refractivity contribution in [1.29, 1.82) is 5.26 Å². The van der Waals surface area contributed by atoms with Crippen molar-refractivity contribution in [3.63, 3.8) is 0 Å². The number of nitriles is 1. The zero-order chi connectivity index (χ0) is 11.3. The standard InChI is InChI=1S/C12H15NO2/c1-3-15-12-5-10(7-13)4-11(6-12)9(2)8-14/h4-6,9,14H,3,8H2,1-2H3. The van der Waals surface area contributed by atoms with Crippen LogP contribution in [0.1, 0.15) is 30.9 Å². The fourth-order valence-electron chi connectivity index (χ4n) is 1.33. The second-order valence-corrected chi connectivity index (χ2v) is 3.42. The van der Waals surface area contributed by atoms with Gasteiger partial charge in [0.05, 0.1) is 18.2 Å². The van der Waals surface area contributed by atoms with Crippen molar-refractivity contribution >= 4 is 0 Å². The number of hydrogen-bond acceptors (Lipinski definition) is 3. The molecule has 15 heavy (non-hydrogen) atoms. The summed E-state index contributed by atoms with van der Waals surface area (Å²) >= 11 is 0. The molecule has 0 aromatic heterocycles. The molecule has 0 heterocycles. The van der Waals surface area contributed by atoms with Crippen LogP contribution < -0.4 is 4.74 Å². The molecule has 0 fully saturated rings. The summed E-state index contributed by atoms with van der Waals surface area (Å²) in [6.45, 7) is 4.45. The first-order chi connectivity index (χ1) is 7.21. The molecule has 0 aliphatic heterocycles. The van der Waals surface area contributed by atoms with Crippen LogP contribution in [0.4, 0.5) is 0 Å². The Bertz CT molecular complexity index is 368. The third kappa shape index (κ3) is 2.97. The molecule has 80 valence electrons. The molecule has 1 atom stereocenters. The summed E-state index contributed by atoms with van der Waals surface area (Å²) in [6.07, 6.45) is 0. The predicted molar refractivity (Wildman–Crippen MR) is 57.8 cm³/mol. The van der Waals surface area contributed by atoms with E-state index in [-0.39, 0.29) is 12.5 Å². The average Bonchev–Trinajstić information content (AvgIpc) is 2.28. The molecule has 0 aliphatic carbocycles. The quantitative estimate of drug-likeness (QED) is 0.818. The lowest BCUT2D eigenvalue weighted by atomic mass is 10.00. The molecule has 0 spiro atoms. The van der Waals surface area contributed by atoms with E-state index in [0.717, 1.165) is 5.56 Å². The molecule has 0 bridgehead atoms. The van der Waals surface area contributed by atoms with Gasteiger partial charge in [-0.25, -0.2) is 0 Å². The lowest BCUT2D eigenvalue weighted by Crippen LogP contribution is -2.01. The van der Waals surface area contributed by atoms with Gasteiger partial charge in [-0.05, 0) is 30.7 Å². The lowest BCUT2D eigenvalue weighted by Gasteiger charge is -2.11. The summed E-state index contributed by atoms with van der Waals surface area (Å²) in [4.78, 5) is 0. The number of aliphatic hydroxyl groups excluding tert-OH is 1. The Morgan fingerprint density at radius 3 is 2.73 bits per heavy atom. The van der Waals surface area contributed by atoms with Crippen LogP contribution in [0.15, 0.2) is 18.2 Å². The van der Waals surface area contributed by atoms with Gasteiger partial charge < -0.3 is 9.84 Å². The number of ether oxygens (including phenoxy) is 1. The van der Waals surface area contributed by atoms with E-state index >= 15 is 0 Å². The van der Waals surface area contributed by atoms with Crippen molar-refractivity contribution in [3.8, 4) is 11.8 Å². The molecule has 3 nitrogen and oxygen atoms in total. The number of hydrogen-bond donors (Lipinski definition) is 1. The van der Waals surface area contributed by atoms with Crippen LogP contribution in [-0.2, 0) is 0 Å². The summed E-state index contributed by atoms with van der Waals surface area (Å²) in [5, 5.41) is 17.9. The first kappa shape index (κ1) is 11.5. The number of nitrogens with zero attached hydrogens (tertiary/aromatic N) is 1. The van der Waals surface area contributed by atoms with Crippen LogP contribution in [0.5, 0.6) is 5.75 Å². The summed E-state index contributed by atoms with van der Waals surface area (Å²) < 4.78 is 5.35. The maximum atomic E-state index is 9.05. The van der Waals surface area contributed by atoms with E-state index in [1.807, 2.05) is 19.9 Å². The number of aliphatic hydroxyl groups is 1. The van der Waals surface area contributed by atoms with Gasteiger partial charge >= 0.3 is 0 Å². The fraction of sp³-hybridized carbons (Fsp3) is 0.417.